The van der Waals surface area contributed by atoms with Gasteiger partial charge in [-0.3, -0.25) is 0 Å². The molecule has 0 saturated heterocycles. The first-order valence-electron chi connectivity index (χ1n) is 4.79. The summed E-state index contributed by atoms with van der Waals surface area (Å²) in [6, 6.07) is 8.26. The van der Waals surface area contributed by atoms with Crippen molar-refractivity contribution in [3.8, 4) is 0 Å². The van der Waals surface area contributed by atoms with Crippen LogP contribution >= 0.6 is 0 Å². The van der Waals surface area contributed by atoms with E-state index in [-0.39, 0.29) is 6.10 Å². The van der Waals surface area contributed by atoms with Crippen molar-refractivity contribution in [2.75, 3.05) is 6.54 Å². The number of hydrogen-bond acceptors (Lipinski definition) is 3. The summed E-state index contributed by atoms with van der Waals surface area (Å²) >= 11 is 0. The van der Waals surface area contributed by atoms with Gasteiger partial charge in [-0.05, 0) is 12.5 Å². The number of rotatable bonds is 2. The van der Waals surface area contributed by atoms with E-state index in [1.165, 1.54) is 5.56 Å². The van der Waals surface area contributed by atoms with Crippen molar-refractivity contribution in [2.24, 2.45) is 10.9 Å². The molecule has 0 radical (unpaired) electrons. The highest BCUT2D eigenvalue weighted by Gasteiger charge is 2.20. The van der Waals surface area contributed by atoms with Gasteiger partial charge in [0.1, 0.15) is 6.10 Å². The van der Waals surface area contributed by atoms with Gasteiger partial charge >= 0.3 is 0 Å². The quantitative estimate of drug-likeness (QED) is 0.767. The van der Waals surface area contributed by atoms with Crippen molar-refractivity contribution < 1.29 is 4.84 Å². The Labute approximate surface area is 83.6 Å². The minimum absolute atomic E-state index is 0.0607. The molecule has 0 amide bonds. The Kier molecular flexibility index (Phi) is 2.50. The molecular weight excluding hydrogens is 176 g/mol. The molecule has 0 fully saturated rings. The Balaban J connectivity index is 2.17. The van der Waals surface area contributed by atoms with Crippen LogP contribution in [0.4, 0.5) is 0 Å². The minimum Gasteiger partial charge on any atom is -0.390 e. The fourth-order valence-corrected chi connectivity index (χ4v) is 1.55. The molecule has 14 heavy (non-hydrogen) atoms. The molecular formula is C11H14N2O. The first kappa shape index (κ1) is 9.21. The number of aryl methyl sites for hydroxylation is 1. The Morgan fingerprint density at radius 2 is 2.43 bits per heavy atom. The highest BCUT2D eigenvalue weighted by molar-refractivity contribution is 6.01. The number of nitrogens with zero attached hydrogens (tertiary/aromatic N) is 1. The summed E-state index contributed by atoms with van der Waals surface area (Å²) in [7, 11) is 0. The van der Waals surface area contributed by atoms with Gasteiger partial charge in [0.05, 0.1) is 5.71 Å². The molecule has 1 aromatic carbocycles. The molecule has 0 saturated carbocycles. The average Bonchev–Trinajstić information content (AvgIpc) is 2.66. The highest BCUT2D eigenvalue weighted by atomic mass is 16.6. The van der Waals surface area contributed by atoms with Crippen LogP contribution in [0.15, 0.2) is 29.4 Å². The molecule has 3 nitrogen and oxygen atoms in total. The van der Waals surface area contributed by atoms with E-state index < -0.39 is 0 Å². The standard InChI is InChI=1S/C11H14N2O/c1-8-3-2-4-9(5-8)11-6-10(7-12)14-13-11/h2-5,10H,6-7,12H2,1H3. The van der Waals surface area contributed by atoms with E-state index in [4.69, 9.17) is 10.6 Å². The summed E-state index contributed by atoms with van der Waals surface area (Å²) in [6.07, 6.45) is 0.880. The largest absolute Gasteiger partial charge is 0.390 e. The molecule has 2 rings (SSSR count). The Hall–Kier alpha value is -1.35. The van der Waals surface area contributed by atoms with Crippen LogP contribution in [-0.4, -0.2) is 18.4 Å². The van der Waals surface area contributed by atoms with Crippen LogP contribution in [0.2, 0.25) is 0 Å². The third kappa shape index (κ3) is 1.77. The van der Waals surface area contributed by atoms with E-state index >= 15 is 0 Å². The normalized spacial score (nSPS) is 20.4. The van der Waals surface area contributed by atoms with Gasteiger partial charge in [0.25, 0.3) is 0 Å². The number of nitrogens with two attached hydrogens (primary N) is 1. The second-order valence-corrected chi connectivity index (χ2v) is 3.57. The maximum absolute atomic E-state index is 5.51. The van der Waals surface area contributed by atoms with Crippen molar-refractivity contribution in [3.63, 3.8) is 0 Å². The average molecular weight is 190 g/mol. The van der Waals surface area contributed by atoms with Crippen LogP contribution in [0, 0.1) is 6.92 Å². The van der Waals surface area contributed by atoms with Gasteiger partial charge in [0.15, 0.2) is 0 Å². The highest BCUT2D eigenvalue weighted by Crippen LogP contribution is 2.16. The van der Waals surface area contributed by atoms with Gasteiger partial charge < -0.3 is 10.6 Å². The van der Waals surface area contributed by atoms with Gasteiger partial charge in [-0.25, -0.2) is 0 Å². The van der Waals surface area contributed by atoms with Gasteiger partial charge in [0, 0.05) is 13.0 Å². The smallest absolute Gasteiger partial charge is 0.145 e. The van der Waals surface area contributed by atoms with Crippen molar-refractivity contribution in [3.05, 3.63) is 35.4 Å². The Morgan fingerprint density at radius 3 is 3.07 bits per heavy atom. The lowest BCUT2D eigenvalue weighted by Crippen LogP contribution is -2.20. The van der Waals surface area contributed by atoms with Crippen LogP contribution in [0.1, 0.15) is 17.5 Å². The molecule has 1 heterocycles. The molecule has 74 valence electrons. The number of oxime groups is 1. The van der Waals surface area contributed by atoms with Crippen molar-refractivity contribution >= 4 is 5.71 Å². The van der Waals surface area contributed by atoms with Crippen LogP contribution in [-0.2, 0) is 4.84 Å². The molecule has 0 aliphatic carbocycles. The topological polar surface area (TPSA) is 47.6 Å². The molecule has 0 bridgehead atoms. The van der Waals surface area contributed by atoms with Crippen LogP contribution in [0.3, 0.4) is 0 Å². The van der Waals surface area contributed by atoms with E-state index in [0.717, 1.165) is 17.7 Å². The van der Waals surface area contributed by atoms with Crippen molar-refractivity contribution in [1.82, 2.24) is 0 Å². The molecule has 1 unspecified atom stereocenters. The van der Waals surface area contributed by atoms with Crippen LogP contribution in [0.5, 0.6) is 0 Å². The van der Waals surface area contributed by atoms with E-state index in [9.17, 15) is 0 Å². The van der Waals surface area contributed by atoms with E-state index in [2.05, 4.69) is 24.2 Å². The molecule has 0 aromatic heterocycles. The zero-order valence-corrected chi connectivity index (χ0v) is 8.23. The van der Waals surface area contributed by atoms with Crippen molar-refractivity contribution in [2.45, 2.75) is 19.4 Å². The first-order chi connectivity index (χ1) is 6.79. The fourth-order valence-electron chi connectivity index (χ4n) is 1.55. The molecule has 2 N–H and O–H groups in total. The molecule has 3 heteroatoms. The fraction of sp³-hybridized carbons (Fsp3) is 0.364. The molecule has 1 aliphatic heterocycles. The van der Waals surface area contributed by atoms with Gasteiger partial charge in [-0.2, -0.15) is 0 Å². The SMILES string of the molecule is Cc1cccc(C2=NOC(CN)C2)c1. The first-order valence-corrected chi connectivity index (χ1v) is 4.79. The minimum atomic E-state index is 0.0607. The molecule has 1 atom stereocenters. The van der Waals surface area contributed by atoms with Gasteiger partial charge in [-0.1, -0.05) is 35.0 Å². The molecule has 1 aromatic rings. The molecule has 1 aliphatic rings. The lowest BCUT2D eigenvalue weighted by Gasteiger charge is -2.02. The number of benzene rings is 1. The van der Waals surface area contributed by atoms with Crippen LogP contribution < -0.4 is 5.73 Å². The zero-order valence-electron chi connectivity index (χ0n) is 8.23. The van der Waals surface area contributed by atoms with Gasteiger partial charge in [0.2, 0.25) is 0 Å². The van der Waals surface area contributed by atoms with E-state index in [0.29, 0.717) is 6.54 Å². The predicted octanol–water partition coefficient (Wildman–Crippen LogP) is 1.45. The van der Waals surface area contributed by atoms with Gasteiger partial charge in [-0.15, -0.1) is 0 Å². The zero-order chi connectivity index (χ0) is 9.97. The summed E-state index contributed by atoms with van der Waals surface area (Å²) < 4.78 is 0. The third-order valence-corrected chi connectivity index (χ3v) is 2.35. The second-order valence-electron chi connectivity index (χ2n) is 3.57. The summed E-state index contributed by atoms with van der Waals surface area (Å²) in [4.78, 5) is 5.17. The lowest BCUT2D eigenvalue weighted by atomic mass is 10.0. The maximum atomic E-state index is 5.51. The summed E-state index contributed by atoms with van der Waals surface area (Å²) in [5, 5.41) is 4.04. The maximum Gasteiger partial charge on any atom is 0.145 e. The monoisotopic (exact) mass is 190 g/mol. The number of hydrogen-bond donors (Lipinski definition) is 1. The Bertz CT molecular complexity index is 360. The summed E-state index contributed by atoms with van der Waals surface area (Å²) in [5.74, 6) is 0. The van der Waals surface area contributed by atoms with Crippen molar-refractivity contribution in [1.29, 1.82) is 0 Å². The predicted molar refractivity (Wildman–Crippen MR) is 56.3 cm³/mol. The van der Waals surface area contributed by atoms with Crippen LogP contribution in [0.25, 0.3) is 0 Å². The third-order valence-electron chi connectivity index (χ3n) is 2.35. The molecule has 0 spiro atoms. The Morgan fingerprint density at radius 1 is 1.57 bits per heavy atom. The van der Waals surface area contributed by atoms with E-state index in [1.54, 1.807) is 0 Å². The lowest BCUT2D eigenvalue weighted by molar-refractivity contribution is 0.0918. The summed E-state index contributed by atoms with van der Waals surface area (Å²) in [5.41, 5.74) is 8.89. The summed E-state index contributed by atoms with van der Waals surface area (Å²) in [6.45, 7) is 2.60. The second kappa shape index (κ2) is 3.80. The van der Waals surface area contributed by atoms with E-state index in [1.807, 2.05) is 12.1 Å².